The molecule has 3 heterocycles. The molecule has 2 fully saturated rings. The van der Waals surface area contributed by atoms with Gasteiger partial charge in [0, 0.05) is 18.5 Å². The highest BCUT2D eigenvalue weighted by Gasteiger charge is 2.42. The Kier molecular flexibility index (Phi) is 3.03. The molecule has 0 spiro atoms. The van der Waals surface area contributed by atoms with E-state index in [4.69, 9.17) is 4.52 Å². The smallest absolute Gasteiger partial charge is 0.231 e. The zero-order valence-corrected chi connectivity index (χ0v) is 11.5. The summed E-state index contributed by atoms with van der Waals surface area (Å²) in [6, 6.07) is 11.7. The summed E-state index contributed by atoms with van der Waals surface area (Å²) in [5.41, 5.74) is 1.32. The maximum atomic E-state index is 5.49. The maximum Gasteiger partial charge on any atom is 0.231 e. The standard InChI is InChI=1S/C16H19N3O/c1-2-4-11(5-3-1)6-9-15-18-16(20-19-15)13-10-12-7-8-14(13)17-12/h1-5,12-14,17H,6-10H2. The van der Waals surface area contributed by atoms with Crippen molar-refractivity contribution in [3.8, 4) is 0 Å². The number of aryl methyl sites for hydroxylation is 2. The Hall–Kier alpha value is -1.68. The van der Waals surface area contributed by atoms with Gasteiger partial charge in [0.05, 0.1) is 5.92 Å². The molecule has 1 aromatic carbocycles. The fourth-order valence-corrected chi connectivity index (χ4v) is 3.52. The third-order valence-corrected chi connectivity index (χ3v) is 4.58. The van der Waals surface area contributed by atoms with E-state index in [0.717, 1.165) is 31.0 Å². The van der Waals surface area contributed by atoms with Crippen LogP contribution in [0.5, 0.6) is 0 Å². The summed E-state index contributed by atoms with van der Waals surface area (Å²) < 4.78 is 5.49. The predicted molar refractivity (Wildman–Crippen MR) is 75.5 cm³/mol. The molecular weight excluding hydrogens is 250 g/mol. The van der Waals surface area contributed by atoms with Crippen molar-refractivity contribution in [2.24, 2.45) is 0 Å². The second-order valence-electron chi connectivity index (χ2n) is 5.92. The molecule has 2 aliphatic rings. The Balaban J connectivity index is 1.41. The lowest BCUT2D eigenvalue weighted by Crippen LogP contribution is -2.21. The number of nitrogens with zero attached hydrogens (tertiary/aromatic N) is 2. The first-order chi connectivity index (χ1) is 9.88. The average Bonchev–Trinajstić information content (AvgIpc) is 3.22. The molecule has 1 aromatic heterocycles. The normalized spacial score (nSPS) is 28.1. The van der Waals surface area contributed by atoms with E-state index in [1.807, 2.05) is 6.07 Å². The molecule has 2 bridgehead atoms. The van der Waals surface area contributed by atoms with Crippen LogP contribution in [0, 0.1) is 0 Å². The first-order valence-electron chi connectivity index (χ1n) is 7.51. The van der Waals surface area contributed by atoms with Gasteiger partial charge >= 0.3 is 0 Å². The quantitative estimate of drug-likeness (QED) is 0.926. The van der Waals surface area contributed by atoms with Crippen molar-refractivity contribution in [2.45, 2.75) is 50.1 Å². The molecule has 1 N–H and O–H groups in total. The van der Waals surface area contributed by atoms with Gasteiger partial charge in [-0.05, 0) is 31.2 Å². The highest BCUT2D eigenvalue weighted by Crippen LogP contribution is 2.39. The predicted octanol–water partition coefficient (Wildman–Crippen LogP) is 2.46. The van der Waals surface area contributed by atoms with Gasteiger partial charge in [-0.3, -0.25) is 0 Å². The van der Waals surface area contributed by atoms with Gasteiger partial charge < -0.3 is 9.84 Å². The Morgan fingerprint density at radius 1 is 1.15 bits per heavy atom. The number of hydrogen-bond acceptors (Lipinski definition) is 4. The number of benzene rings is 1. The van der Waals surface area contributed by atoms with Gasteiger partial charge in [-0.25, -0.2) is 0 Å². The van der Waals surface area contributed by atoms with Crippen molar-refractivity contribution in [2.75, 3.05) is 0 Å². The number of nitrogens with one attached hydrogen (secondary N) is 1. The molecule has 0 amide bonds. The van der Waals surface area contributed by atoms with Crippen LogP contribution in [-0.4, -0.2) is 22.2 Å². The van der Waals surface area contributed by atoms with Crippen LogP contribution in [0.3, 0.4) is 0 Å². The van der Waals surface area contributed by atoms with Gasteiger partial charge in [0.25, 0.3) is 0 Å². The molecule has 0 aliphatic carbocycles. The van der Waals surface area contributed by atoms with Crippen molar-refractivity contribution in [1.29, 1.82) is 0 Å². The highest BCUT2D eigenvalue weighted by atomic mass is 16.5. The maximum absolute atomic E-state index is 5.49. The number of aromatic nitrogens is 2. The third kappa shape index (κ3) is 2.24. The lowest BCUT2D eigenvalue weighted by Gasteiger charge is -2.15. The fourth-order valence-electron chi connectivity index (χ4n) is 3.52. The molecule has 2 aliphatic heterocycles. The minimum Gasteiger partial charge on any atom is -0.339 e. The van der Waals surface area contributed by atoms with E-state index in [9.17, 15) is 0 Å². The summed E-state index contributed by atoms with van der Waals surface area (Å²) in [6.45, 7) is 0. The van der Waals surface area contributed by atoms with Gasteiger partial charge in [0.1, 0.15) is 0 Å². The molecule has 4 rings (SSSR count). The van der Waals surface area contributed by atoms with Crippen LogP contribution in [-0.2, 0) is 12.8 Å². The average molecular weight is 269 g/mol. The summed E-state index contributed by atoms with van der Waals surface area (Å²) >= 11 is 0. The second kappa shape index (κ2) is 5.02. The van der Waals surface area contributed by atoms with Crippen molar-refractivity contribution in [3.05, 3.63) is 47.6 Å². The van der Waals surface area contributed by atoms with E-state index >= 15 is 0 Å². The number of hydrogen-bond donors (Lipinski definition) is 1. The van der Waals surface area contributed by atoms with E-state index in [-0.39, 0.29) is 0 Å². The fraction of sp³-hybridized carbons (Fsp3) is 0.500. The van der Waals surface area contributed by atoms with Gasteiger partial charge in [-0.1, -0.05) is 35.5 Å². The number of fused-ring (bicyclic) bond motifs is 2. The molecule has 2 aromatic rings. The summed E-state index contributed by atoms with van der Waals surface area (Å²) in [7, 11) is 0. The number of rotatable bonds is 4. The zero-order chi connectivity index (χ0) is 13.4. The van der Waals surface area contributed by atoms with Gasteiger partial charge in [0.15, 0.2) is 5.82 Å². The summed E-state index contributed by atoms with van der Waals surface area (Å²) in [6.07, 6.45) is 5.52. The highest BCUT2D eigenvalue weighted by molar-refractivity contribution is 5.16. The van der Waals surface area contributed by atoms with E-state index in [1.165, 1.54) is 18.4 Å². The van der Waals surface area contributed by atoms with Crippen molar-refractivity contribution in [3.63, 3.8) is 0 Å². The van der Waals surface area contributed by atoms with Crippen molar-refractivity contribution >= 4 is 0 Å². The van der Waals surface area contributed by atoms with Gasteiger partial charge in [-0.15, -0.1) is 0 Å². The molecule has 3 unspecified atom stereocenters. The molecule has 4 nitrogen and oxygen atoms in total. The van der Waals surface area contributed by atoms with Crippen LogP contribution < -0.4 is 5.32 Å². The van der Waals surface area contributed by atoms with E-state index < -0.39 is 0 Å². The van der Waals surface area contributed by atoms with Gasteiger partial charge in [0.2, 0.25) is 5.89 Å². The van der Waals surface area contributed by atoms with Crippen LogP contribution in [0.1, 0.15) is 42.5 Å². The van der Waals surface area contributed by atoms with Crippen molar-refractivity contribution < 1.29 is 4.52 Å². The van der Waals surface area contributed by atoms with E-state index in [2.05, 4.69) is 39.7 Å². The molecule has 20 heavy (non-hydrogen) atoms. The van der Waals surface area contributed by atoms with Crippen LogP contribution in [0.4, 0.5) is 0 Å². The molecule has 0 radical (unpaired) electrons. The minimum atomic E-state index is 0.437. The first kappa shape index (κ1) is 12.1. The monoisotopic (exact) mass is 269 g/mol. The molecular formula is C16H19N3O. The SMILES string of the molecule is c1ccc(CCc2noc(C3CC4CCC3N4)n2)cc1. The third-order valence-electron chi connectivity index (χ3n) is 4.58. The molecule has 2 saturated heterocycles. The van der Waals surface area contributed by atoms with Crippen LogP contribution in [0.2, 0.25) is 0 Å². The Morgan fingerprint density at radius 3 is 2.80 bits per heavy atom. The van der Waals surface area contributed by atoms with Gasteiger partial charge in [-0.2, -0.15) is 4.98 Å². The minimum absolute atomic E-state index is 0.437. The zero-order valence-electron chi connectivity index (χ0n) is 11.5. The van der Waals surface area contributed by atoms with E-state index in [1.54, 1.807) is 0 Å². The van der Waals surface area contributed by atoms with Crippen LogP contribution in [0.25, 0.3) is 0 Å². The lowest BCUT2D eigenvalue weighted by molar-refractivity contribution is 0.327. The first-order valence-corrected chi connectivity index (χ1v) is 7.51. The Bertz CT molecular complexity index is 580. The van der Waals surface area contributed by atoms with Crippen molar-refractivity contribution in [1.82, 2.24) is 15.5 Å². The summed E-state index contributed by atoms with van der Waals surface area (Å²) in [5.74, 6) is 2.12. The molecule has 3 atom stereocenters. The molecule has 0 saturated carbocycles. The Morgan fingerprint density at radius 2 is 2.05 bits per heavy atom. The van der Waals surface area contributed by atoms with Crippen LogP contribution >= 0.6 is 0 Å². The van der Waals surface area contributed by atoms with Crippen LogP contribution in [0.15, 0.2) is 34.9 Å². The summed E-state index contributed by atoms with van der Waals surface area (Å²) in [4.78, 5) is 4.61. The molecule has 4 heteroatoms. The molecule has 104 valence electrons. The topological polar surface area (TPSA) is 51.0 Å². The summed E-state index contributed by atoms with van der Waals surface area (Å²) in [5, 5.41) is 7.76. The lowest BCUT2D eigenvalue weighted by atomic mass is 9.89. The largest absolute Gasteiger partial charge is 0.339 e. The Labute approximate surface area is 118 Å². The van der Waals surface area contributed by atoms with E-state index in [0.29, 0.717) is 18.0 Å². The second-order valence-corrected chi connectivity index (χ2v) is 5.92.